The van der Waals surface area contributed by atoms with Crippen LogP contribution in [0.5, 0.6) is 5.88 Å². The maximum atomic E-state index is 11.8. The molecule has 0 aromatic carbocycles. The van der Waals surface area contributed by atoms with Crippen LogP contribution in [0.25, 0.3) is 0 Å². The lowest BCUT2D eigenvalue weighted by Gasteiger charge is -2.29. The number of nitrogens with zero attached hydrogens (tertiary/aromatic N) is 2. The summed E-state index contributed by atoms with van der Waals surface area (Å²) in [4.78, 5) is 30.9. The first-order chi connectivity index (χ1) is 16.7. The monoisotopic (exact) mass is 495 g/mol. The summed E-state index contributed by atoms with van der Waals surface area (Å²) >= 11 is 1.22. The fourth-order valence-corrected chi connectivity index (χ4v) is 5.16. The molecule has 1 saturated heterocycles. The standard InChI is InChI=1S/C27H33N3O4S/c1-27(2,3)13-12-21-15-22(25(35-21)26(32)33)29-19-7-9-20(10-8-19)34-23-11-6-18(16-28-23)17-30-14-4-5-24(30)31/h6,11,15-16,19-20,29H,4-5,7-10,14,17H2,1-3H3,(H,32,33). The number of carboxylic acids is 1. The molecular weight excluding hydrogens is 462 g/mol. The van der Waals surface area contributed by atoms with Crippen molar-refractivity contribution in [2.45, 2.75) is 78.0 Å². The Balaban J connectivity index is 1.29. The Kier molecular flexibility index (Phi) is 7.66. The summed E-state index contributed by atoms with van der Waals surface area (Å²) in [6.45, 7) is 7.52. The van der Waals surface area contributed by atoms with Crippen molar-refractivity contribution in [2.24, 2.45) is 5.41 Å². The first kappa shape index (κ1) is 25.1. The number of anilines is 1. The fraction of sp³-hybridized carbons (Fsp3) is 0.519. The van der Waals surface area contributed by atoms with Crippen LogP contribution in [0.2, 0.25) is 0 Å². The fourth-order valence-electron chi connectivity index (χ4n) is 4.35. The van der Waals surface area contributed by atoms with Crippen LogP contribution in [0.1, 0.15) is 79.4 Å². The van der Waals surface area contributed by atoms with E-state index in [1.807, 2.05) is 43.9 Å². The predicted molar refractivity (Wildman–Crippen MR) is 137 cm³/mol. The number of likely N-dealkylation sites (tertiary alicyclic amines) is 1. The third kappa shape index (κ3) is 6.98. The van der Waals surface area contributed by atoms with Gasteiger partial charge in [-0.3, -0.25) is 4.79 Å². The van der Waals surface area contributed by atoms with E-state index in [1.165, 1.54) is 11.3 Å². The average Bonchev–Trinajstić information content (AvgIpc) is 3.40. The second kappa shape index (κ2) is 10.7. The van der Waals surface area contributed by atoms with Gasteiger partial charge in [0.25, 0.3) is 0 Å². The van der Waals surface area contributed by atoms with Gasteiger partial charge in [0, 0.05) is 43.2 Å². The van der Waals surface area contributed by atoms with E-state index in [2.05, 4.69) is 22.1 Å². The number of pyridine rings is 1. The van der Waals surface area contributed by atoms with Gasteiger partial charge in [-0.25, -0.2) is 9.78 Å². The lowest BCUT2D eigenvalue weighted by atomic mass is 9.92. The van der Waals surface area contributed by atoms with Crippen LogP contribution < -0.4 is 10.1 Å². The van der Waals surface area contributed by atoms with Crippen molar-refractivity contribution in [1.82, 2.24) is 9.88 Å². The van der Waals surface area contributed by atoms with E-state index in [1.54, 1.807) is 6.20 Å². The van der Waals surface area contributed by atoms with E-state index in [0.29, 0.717) is 29.4 Å². The van der Waals surface area contributed by atoms with Gasteiger partial charge in [-0.15, -0.1) is 11.3 Å². The first-order valence-electron chi connectivity index (χ1n) is 12.2. The molecule has 1 aliphatic carbocycles. The lowest BCUT2D eigenvalue weighted by Crippen LogP contribution is -2.31. The molecule has 8 heteroatoms. The summed E-state index contributed by atoms with van der Waals surface area (Å²) in [6, 6.07) is 5.91. The molecule has 35 heavy (non-hydrogen) atoms. The van der Waals surface area contributed by atoms with Gasteiger partial charge in [-0.05, 0) is 64.5 Å². The van der Waals surface area contributed by atoms with Gasteiger partial charge in [-0.1, -0.05) is 17.9 Å². The number of aromatic carboxylic acids is 1. The number of carbonyl (C=O) groups is 2. The third-order valence-electron chi connectivity index (χ3n) is 6.15. The molecule has 2 fully saturated rings. The molecule has 0 atom stereocenters. The van der Waals surface area contributed by atoms with Crippen LogP contribution in [0, 0.1) is 17.3 Å². The Morgan fingerprint density at radius 1 is 1.29 bits per heavy atom. The SMILES string of the molecule is CC(C)(C)C#Cc1cc(NC2CCC(Oc3ccc(CN4CCCC4=O)cn3)CC2)c(C(=O)O)s1. The van der Waals surface area contributed by atoms with Crippen molar-refractivity contribution in [3.8, 4) is 17.7 Å². The summed E-state index contributed by atoms with van der Waals surface area (Å²) in [5.74, 6) is 6.17. The second-order valence-corrected chi connectivity index (χ2v) is 11.4. The van der Waals surface area contributed by atoms with Crippen LogP contribution in [-0.2, 0) is 11.3 Å². The lowest BCUT2D eigenvalue weighted by molar-refractivity contribution is -0.128. The van der Waals surface area contributed by atoms with Crippen molar-refractivity contribution >= 4 is 28.9 Å². The zero-order chi connectivity index (χ0) is 25.0. The molecule has 0 radical (unpaired) electrons. The number of aromatic nitrogens is 1. The largest absolute Gasteiger partial charge is 0.477 e. The Labute approximate surface area is 210 Å². The smallest absolute Gasteiger partial charge is 0.348 e. The van der Waals surface area contributed by atoms with Gasteiger partial charge < -0.3 is 20.1 Å². The normalized spacial score (nSPS) is 20.3. The molecule has 2 aromatic heterocycles. The molecule has 1 saturated carbocycles. The van der Waals surface area contributed by atoms with Crippen LogP contribution in [0.3, 0.4) is 0 Å². The topological polar surface area (TPSA) is 91.8 Å². The molecule has 2 aromatic rings. The maximum absolute atomic E-state index is 11.8. The van der Waals surface area contributed by atoms with Gasteiger partial charge >= 0.3 is 5.97 Å². The van der Waals surface area contributed by atoms with Crippen molar-refractivity contribution in [3.63, 3.8) is 0 Å². The Morgan fingerprint density at radius 3 is 2.66 bits per heavy atom. The number of carbonyl (C=O) groups excluding carboxylic acids is 1. The number of carboxylic acid groups (broad SMARTS) is 1. The van der Waals surface area contributed by atoms with Crippen molar-refractivity contribution in [1.29, 1.82) is 0 Å². The quantitative estimate of drug-likeness (QED) is 0.516. The zero-order valence-corrected chi connectivity index (χ0v) is 21.4. The number of nitrogens with one attached hydrogen (secondary N) is 1. The van der Waals surface area contributed by atoms with Crippen molar-refractivity contribution in [3.05, 3.63) is 39.7 Å². The number of hydrogen-bond donors (Lipinski definition) is 2. The molecule has 7 nitrogen and oxygen atoms in total. The van der Waals surface area contributed by atoms with E-state index < -0.39 is 5.97 Å². The summed E-state index contributed by atoms with van der Waals surface area (Å²) in [5.41, 5.74) is 1.53. The summed E-state index contributed by atoms with van der Waals surface area (Å²) in [5, 5.41) is 13.1. The molecular formula is C27H33N3O4S. The zero-order valence-electron chi connectivity index (χ0n) is 20.6. The Bertz CT molecular complexity index is 1120. The van der Waals surface area contributed by atoms with E-state index in [9.17, 15) is 14.7 Å². The minimum Gasteiger partial charge on any atom is -0.477 e. The van der Waals surface area contributed by atoms with Crippen molar-refractivity contribution < 1.29 is 19.4 Å². The Hall–Kier alpha value is -3.05. The number of rotatable bonds is 7. The molecule has 1 amide bonds. The van der Waals surface area contributed by atoms with E-state index >= 15 is 0 Å². The molecule has 3 heterocycles. The van der Waals surface area contributed by atoms with Gasteiger partial charge in [0.05, 0.1) is 10.6 Å². The highest BCUT2D eigenvalue weighted by molar-refractivity contribution is 7.15. The van der Waals surface area contributed by atoms with Gasteiger partial charge in [0.15, 0.2) is 0 Å². The molecule has 2 aliphatic rings. The molecule has 2 N–H and O–H groups in total. The average molecular weight is 496 g/mol. The highest BCUT2D eigenvalue weighted by atomic mass is 32.1. The van der Waals surface area contributed by atoms with E-state index in [4.69, 9.17) is 4.74 Å². The molecule has 186 valence electrons. The molecule has 0 unspecified atom stereocenters. The summed E-state index contributed by atoms with van der Waals surface area (Å²) in [6.07, 6.45) is 6.96. The van der Waals surface area contributed by atoms with E-state index in [-0.39, 0.29) is 23.5 Å². The van der Waals surface area contributed by atoms with E-state index in [0.717, 1.165) is 49.1 Å². The van der Waals surface area contributed by atoms with Crippen LogP contribution in [0.15, 0.2) is 24.4 Å². The van der Waals surface area contributed by atoms with Crippen LogP contribution in [-0.4, -0.2) is 45.6 Å². The van der Waals surface area contributed by atoms with Crippen LogP contribution in [0.4, 0.5) is 5.69 Å². The highest BCUT2D eigenvalue weighted by Crippen LogP contribution is 2.31. The molecule has 4 rings (SSSR count). The van der Waals surface area contributed by atoms with Gasteiger partial charge in [0.2, 0.25) is 11.8 Å². The van der Waals surface area contributed by atoms with Gasteiger partial charge in [0.1, 0.15) is 11.0 Å². The molecule has 0 spiro atoms. The number of amides is 1. The number of hydrogen-bond acceptors (Lipinski definition) is 6. The summed E-state index contributed by atoms with van der Waals surface area (Å²) in [7, 11) is 0. The number of thiophene rings is 1. The van der Waals surface area contributed by atoms with Gasteiger partial charge in [-0.2, -0.15) is 0 Å². The third-order valence-corrected chi connectivity index (χ3v) is 7.19. The molecule has 0 bridgehead atoms. The maximum Gasteiger partial charge on any atom is 0.348 e. The highest BCUT2D eigenvalue weighted by Gasteiger charge is 2.25. The second-order valence-electron chi connectivity index (χ2n) is 10.3. The minimum atomic E-state index is -0.929. The predicted octanol–water partition coefficient (Wildman–Crippen LogP) is 5.16. The minimum absolute atomic E-state index is 0.0844. The van der Waals surface area contributed by atoms with Crippen LogP contribution >= 0.6 is 11.3 Å². The Morgan fingerprint density at radius 2 is 2.06 bits per heavy atom. The van der Waals surface area contributed by atoms with Crippen molar-refractivity contribution in [2.75, 3.05) is 11.9 Å². The summed E-state index contributed by atoms with van der Waals surface area (Å²) < 4.78 is 6.10. The first-order valence-corrected chi connectivity index (χ1v) is 13.0. The molecule has 1 aliphatic heterocycles. The number of ether oxygens (including phenoxy) is 1.